The van der Waals surface area contributed by atoms with E-state index in [9.17, 15) is 4.79 Å². The van der Waals surface area contributed by atoms with Crippen LogP contribution < -0.4 is 10.6 Å². The summed E-state index contributed by atoms with van der Waals surface area (Å²) >= 11 is 0. The molecule has 3 aromatic rings. The maximum Gasteiger partial charge on any atom is 0.257 e. The molecule has 1 aromatic carbocycles. The maximum absolute atomic E-state index is 12.4. The third kappa shape index (κ3) is 3.91. The second kappa shape index (κ2) is 7.39. The average Bonchev–Trinajstić information content (AvgIpc) is 3.01. The van der Waals surface area contributed by atoms with E-state index in [1.54, 1.807) is 31.3 Å². The highest BCUT2D eigenvalue weighted by molar-refractivity contribution is 6.04. The Labute approximate surface area is 152 Å². The van der Waals surface area contributed by atoms with Crippen molar-refractivity contribution in [3.8, 4) is 0 Å². The van der Waals surface area contributed by atoms with Crippen LogP contribution in [0.4, 0.5) is 17.3 Å². The van der Waals surface area contributed by atoms with E-state index in [0.29, 0.717) is 28.9 Å². The van der Waals surface area contributed by atoms with Gasteiger partial charge in [0.2, 0.25) is 0 Å². The van der Waals surface area contributed by atoms with Gasteiger partial charge in [-0.3, -0.25) is 4.79 Å². The largest absolute Gasteiger partial charge is 0.360 e. The normalized spacial score (nSPS) is 10.8. The summed E-state index contributed by atoms with van der Waals surface area (Å²) in [7, 11) is 0. The Balaban J connectivity index is 1.83. The van der Waals surface area contributed by atoms with Gasteiger partial charge in [-0.1, -0.05) is 37.2 Å². The summed E-state index contributed by atoms with van der Waals surface area (Å²) in [4.78, 5) is 16.8. The molecule has 0 saturated carbocycles. The van der Waals surface area contributed by atoms with Gasteiger partial charge in [0.1, 0.15) is 11.6 Å². The number of aryl methyl sites for hydroxylation is 2. The molecule has 26 heavy (non-hydrogen) atoms. The minimum atomic E-state index is -0.266. The summed E-state index contributed by atoms with van der Waals surface area (Å²) < 4.78 is 4.96. The molecule has 0 unspecified atom stereocenters. The maximum atomic E-state index is 12.4. The lowest BCUT2D eigenvalue weighted by Gasteiger charge is -2.17. The Morgan fingerprint density at radius 3 is 2.62 bits per heavy atom. The molecule has 0 aliphatic rings. The van der Waals surface area contributed by atoms with E-state index in [1.165, 1.54) is 5.56 Å². The number of para-hydroxylation sites is 1. The van der Waals surface area contributed by atoms with Crippen molar-refractivity contribution in [2.75, 3.05) is 10.6 Å². The number of carbonyl (C=O) groups is 1. The Bertz CT molecular complexity index is 931. The average molecular weight is 350 g/mol. The molecule has 0 bridgehead atoms. The van der Waals surface area contributed by atoms with Crippen LogP contribution in [0, 0.1) is 13.8 Å². The number of nitrogens with one attached hydrogen (secondary N) is 2. The van der Waals surface area contributed by atoms with Crippen LogP contribution in [0.25, 0.3) is 0 Å². The molecular formula is C20H22N4O2. The summed E-state index contributed by atoms with van der Waals surface area (Å²) in [5, 5.41) is 9.85. The van der Waals surface area contributed by atoms with E-state index in [4.69, 9.17) is 4.52 Å². The smallest absolute Gasteiger partial charge is 0.257 e. The Morgan fingerprint density at radius 2 is 1.92 bits per heavy atom. The van der Waals surface area contributed by atoms with Crippen molar-refractivity contribution in [2.45, 2.75) is 33.6 Å². The zero-order valence-electron chi connectivity index (χ0n) is 15.3. The van der Waals surface area contributed by atoms with E-state index >= 15 is 0 Å². The summed E-state index contributed by atoms with van der Waals surface area (Å²) in [6, 6.07) is 11.3. The van der Waals surface area contributed by atoms with E-state index in [0.717, 1.165) is 11.3 Å². The topological polar surface area (TPSA) is 80.0 Å². The monoisotopic (exact) mass is 350 g/mol. The van der Waals surface area contributed by atoms with Crippen LogP contribution in [0.1, 0.15) is 47.0 Å². The van der Waals surface area contributed by atoms with Crippen LogP contribution in [-0.2, 0) is 0 Å². The van der Waals surface area contributed by atoms with Crippen molar-refractivity contribution in [3.63, 3.8) is 0 Å². The van der Waals surface area contributed by atoms with Gasteiger partial charge < -0.3 is 15.2 Å². The summed E-state index contributed by atoms with van der Waals surface area (Å²) in [5.74, 6) is 1.75. The van der Waals surface area contributed by atoms with Crippen molar-refractivity contribution >= 4 is 23.2 Å². The van der Waals surface area contributed by atoms with Gasteiger partial charge in [-0.25, -0.2) is 4.98 Å². The highest BCUT2D eigenvalue weighted by Crippen LogP contribution is 2.29. The predicted molar refractivity (Wildman–Crippen MR) is 102 cm³/mol. The first-order valence-electron chi connectivity index (χ1n) is 8.51. The number of carbonyl (C=O) groups excluding carboxylic acids is 1. The number of hydrogen-bond donors (Lipinski definition) is 2. The molecule has 0 saturated heterocycles. The predicted octanol–water partition coefficient (Wildman–Crippen LogP) is 4.81. The van der Waals surface area contributed by atoms with Crippen LogP contribution in [-0.4, -0.2) is 16.0 Å². The van der Waals surface area contributed by atoms with Crippen molar-refractivity contribution in [2.24, 2.45) is 0 Å². The van der Waals surface area contributed by atoms with Gasteiger partial charge >= 0.3 is 0 Å². The second-order valence-corrected chi connectivity index (χ2v) is 6.53. The fraction of sp³-hybridized carbons (Fsp3) is 0.250. The summed E-state index contributed by atoms with van der Waals surface area (Å²) in [6.07, 6.45) is 1.61. The Morgan fingerprint density at radius 1 is 1.12 bits per heavy atom. The molecule has 6 heteroatoms. The molecule has 0 fully saturated rings. The summed E-state index contributed by atoms with van der Waals surface area (Å²) in [5.41, 5.74) is 3.85. The number of anilines is 3. The molecule has 1 amide bonds. The number of benzene rings is 1. The number of amides is 1. The van der Waals surface area contributed by atoms with E-state index < -0.39 is 0 Å². The van der Waals surface area contributed by atoms with Gasteiger partial charge in [0.15, 0.2) is 5.82 Å². The van der Waals surface area contributed by atoms with Gasteiger partial charge in [-0.2, -0.15) is 0 Å². The molecule has 0 atom stereocenters. The van der Waals surface area contributed by atoms with Crippen LogP contribution in [0.5, 0.6) is 0 Å². The lowest BCUT2D eigenvalue weighted by molar-refractivity contribution is 0.102. The number of pyridine rings is 1. The molecule has 2 heterocycles. The first-order chi connectivity index (χ1) is 12.4. The fourth-order valence-corrected chi connectivity index (χ4v) is 2.72. The summed E-state index contributed by atoms with van der Waals surface area (Å²) in [6.45, 7) is 8.12. The minimum Gasteiger partial charge on any atom is -0.360 e. The highest BCUT2D eigenvalue weighted by Gasteiger charge is 2.13. The molecule has 0 aliphatic carbocycles. The van der Waals surface area contributed by atoms with Gasteiger partial charge in [-0.15, -0.1) is 0 Å². The molecular weight excluding hydrogens is 328 g/mol. The van der Waals surface area contributed by atoms with E-state index in [2.05, 4.69) is 53.7 Å². The Hall–Kier alpha value is -3.15. The van der Waals surface area contributed by atoms with Crippen molar-refractivity contribution in [1.29, 1.82) is 0 Å². The minimum absolute atomic E-state index is 0.266. The number of aromatic nitrogens is 2. The third-order valence-corrected chi connectivity index (χ3v) is 4.07. The van der Waals surface area contributed by atoms with Crippen LogP contribution >= 0.6 is 0 Å². The number of nitrogens with zero attached hydrogens (tertiary/aromatic N) is 2. The van der Waals surface area contributed by atoms with Gasteiger partial charge in [0.05, 0.1) is 0 Å². The molecule has 0 aliphatic heterocycles. The third-order valence-electron chi connectivity index (χ3n) is 4.07. The fourth-order valence-electron chi connectivity index (χ4n) is 2.72. The van der Waals surface area contributed by atoms with E-state index in [-0.39, 0.29) is 5.91 Å². The zero-order valence-corrected chi connectivity index (χ0v) is 15.3. The van der Waals surface area contributed by atoms with Gasteiger partial charge in [-0.05, 0) is 43.0 Å². The van der Waals surface area contributed by atoms with Crippen LogP contribution in [0.2, 0.25) is 0 Å². The SMILES string of the molecule is Cc1cc(NC(=O)c2ccnc(Nc3c(C)cccc3C(C)C)c2)no1. The van der Waals surface area contributed by atoms with Crippen molar-refractivity contribution in [3.05, 3.63) is 65.0 Å². The first kappa shape index (κ1) is 17.7. The highest BCUT2D eigenvalue weighted by atomic mass is 16.5. The molecule has 3 rings (SSSR count). The lowest BCUT2D eigenvalue weighted by Crippen LogP contribution is -2.12. The standard InChI is InChI=1S/C20H22N4O2/c1-12(2)16-7-5-6-13(3)19(16)22-17-11-15(8-9-21-17)20(25)23-18-10-14(4)26-24-18/h5-12H,1-4H3,(H,21,22)(H,23,24,25). The number of hydrogen-bond acceptors (Lipinski definition) is 5. The zero-order chi connectivity index (χ0) is 18.7. The van der Waals surface area contributed by atoms with E-state index in [1.807, 2.05) is 6.07 Å². The molecule has 2 N–H and O–H groups in total. The second-order valence-electron chi connectivity index (χ2n) is 6.53. The van der Waals surface area contributed by atoms with Gasteiger partial charge in [0, 0.05) is 23.5 Å². The lowest BCUT2D eigenvalue weighted by atomic mass is 9.98. The van der Waals surface area contributed by atoms with Crippen LogP contribution in [0.15, 0.2) is 47.1 Å². The number of rotatable bonds is 5. The Kier molecular flexibility index (Phi) is 5.02. The molecule has 6 nitrogen and oxygen atoms in total. The van der Waals surface area contributed by atoms with Crippen LogP contribution in [0.3, 0.4) is 0 Å². The quantitative estimate of drug-likeness (QED) is 0.690. The molecule has 134 valence electrons. The molecule has 0 spiro atoms. The van der Waals surface area contributed by atoms with Crippen molar-refractivity contribution < 1.29 is 9.32 Å². The molecule has 0 radical (unpaired) electrons. The molecule has 2 aromatic heterocycles. The van der Waals surface area contributed by atoms with Gasteiger partial charge in [0.25, 0.3) is 5.91 Å². The van der Waals surface area contributed by atoms with Crippen molar-refractivity contribution in [1.82, 2.24) is 10.1 Å². The first-order valence-corrected chi connectivity index (χ1v) is 8.51.